The van der Waals surface area contributed by atoms with E-state index in [1.165, 1.54) is 0 Å². The number of likely N-dealkylation sites (tertiary alicyclic amines) is 1. The number of nitrogens with zero attached hydrogens (tertiary/aromatic N) is 5. The van der Waals surface area contributed by atoms with Gasteiger partial charge in [-0.3, -0.25) is 9.69 Å². The number of carbonyl (C=O) groups is 2. The van der Waals surface area contributed by atoms with Crippen LogP contribution in [-0.2, 0) is 4.74 Å². The van der Waals surface area contributed by atoms with Crippen molar-refractivity contribution in [1.29, 1.82) is 0 Å². The third-order valence-electron chi connectivity index (χ3n) is 6.32. The number of ether oxygens (including phenoxy) is 1. The van der Waals surface area contributed by atoms with Gasteiger partial charge in [-0.25, -0.2) is 14.3 Å². The zero-order valence-corrected chi connectivity index (χ0v) is 17.7. The topological polar surface area (TPSA) is 80.0 Å². The number of fused-ring (bicyclic) bond motifs is 1. The van der Waals surface area contributed by atoms with Crippen LogP contribution in [0.1, 0.15) is 46.2 Å². The molecule has 2 aliphatic heterocycles. The highest BCUT2D eigenvalue weighted by Gasteiger charge is 2.40. The van der Waals surface area contributed by atoms with Crippen LogP contribution in [0.4, 0.5) is 4.79 Å². The number of rotatable bonds is 3. The molecule has 2 aromatic heterocycles. The van der Waals surface area contributed by atoms with Crippen LogP contribution in [0.25, 0.3) is 5.65 Å². The van der Waals surface area contributed by atoms with Crippen molar-refractivity contribution in [2.45, 2.75) is 38.8 Å². The minimum absolute atomic E-state index is 0.0397. The maximum atomic E-state index is 13.2. The quantitative estimate of drug-likeness (QED) is 0.652. The van der Waals surface area contributed by atoms with Gasteiger partial charge in [-0.2, -0.15) is 5.10 Å². The highest BCUT2D eigenvalue weighted by atomic mass is 16.6. The van der Waals surface area contributed by atoms with Crippen molar-refractivity contribution in [3.8, 4) is 0 Å². The van der Waals surface area contributed by atoms with Crippen molar-refractivity contribution in [2.24, 2.45) is 0 Å². The summed E-state index contributed by atoms with van der Waals surface area (Å²) in [6.07, 6.45) is 2.82. The molecule has 1 unspecified atom stereocenters. The summed E-state index contributed by atoms with van der Waals surface area (Å²) >= 11 is 0. The summed E-state index contributed by atoms with van der Waals surface area (Å²) in [4.78, 5) is 33.8. The molecule has 0 bridgehead atoms. The molecular formula is C23H25N5O3. The lowest BCUT2D eigenvalue weighted by Gasteiger charge is -2.38. The molecule has 2 aliphatic rings. The molecule has 1 atom stereocenters. The number of hydrogen-bond acceptors (Lipinski definition) is 5. The van der Waals surface area contributed by atoms with Crippen LogP contribution in [-0.4, -0.2) is 62.1 Å². The van der Waals surface area contributed by atoms with Crippen molar-refractivity contribution >= 4 is 17.6 Å². The molecule has 8 nitrogen and oxygen atoms in total. The molecule has 4 heterocycles. The van der Waals surface area contributed by atoms with Crippen LogP contribution in [0.5, 0.6) is 0 Å². The number of aromatic nitrogens is 3. The largest absolute Gasteiger partial charge is 0.447 e. The first-order valence-corrected chi connectivity index (χ1v) is 10.6. The molecule has 3 aromatic rings. The second-order valence-electron chi connectivity index (χ2n) is 8.25. The van der Waals surface area contributed by atoms with E-state index >= 15 is 0 Å². The van der Waals surface area contributed by atoms with Crippen molar-refractivity contribution in [3.63, 3.8) is 0 Å². The van der Waals surface area contributed by atoms with Crippen molar-refractivity contribution in [2.75, 3.05) is 19.7 Å². The SMILES string of the molecule is Cc1cc2ncc(C(=O)N3CCC(N4C(=O)OCC4c4ccccc4)CC3)c(C)n2n1. The van der Waals surface area contributed by atoms with Crippen molar-refractivity contribution in [3.05, 3.63) is 65.1 Å². The number of cyclic esters (lactones) is 1. The minimum Gasteiger partial charge on any atom is -0.447 e. The molecular weight excluding hydrogens is 394 g/mol. The maximum absolute atomic E-state index is 13.2. The van der Waals surface area contributed by atoms with E-state index < -0.39 is 0 Å². The van der Waals surface area contributed by atoms with Crippen LogP contribution in [0.2, 0.25) is 0 Å². The number of hydrogen-bond donors (Lipinski definition) is 0. The summed E-state index contributed by atoms with van der Waals surface area (Å²) in [6.45, 7) is 5.35. The third-order valence-corrected chi connectivity index (χ3v) is 6.32. The molecule has 31 heavy (non-hydrogen) atoms. The zero-order valence-electron chi connectivity index (χ0n) is 17.7. The van der Waals surface area contributed by atoms with Gasteiger partial charge in [-0.15, -0.1) is 0 Å². The lowest BCUT2D eigenvalue weighted by molar-refractivity contribution is 0.0634. The van der Waals surface area contributed by atoms with E-state index in [2.05, 4.69) is 10.1 Å². The average molecular weight is 419 g/mol. The molecule has 8 heteroatoms. The van der Waals surface area contributed by atoms with Crippen molar-refractivity contribution in [1.82, 2.24) is 24.4 Å². The Morgan fingerprint density at radius 3 is 2.61 bits per heavy atom. The van der Waals surface area contributed by atoms with Gasteiger partial charge in [-0.05, 0) is 32.3 Å². The van der Waals surface area contributed by atoms with Gasteiger partial charge in [-0.1, -0.05) is 30.3 Å². The summed E-state index contributed by atoms with van der Waals surface area (Å²) in [7, 11) is 0. The van der Waals surface area contributed by atoms with E-state index in [4.69, 9.17) is 4.74 Å². The van der Waals surface area contributed by atoms with Gasteiger partial charge in [0.05, 0.1) is 23.0 Å². The molecule has 0 spiro atoms. The predicted molar refractivity (Wildman–Crippen MR) is 114 cm³/mol. The molecule has 2 saturated heterocycles. The molecule has 0 N–H and O–H groups in total. The van der Waals surface area contributed by atoms with Gasteiger partial charge in [0, 0.05) is 31.4 Å². The fraction of sp³-hybridized carbons (Fsp3) is 0.391. The molecule has 5 rings (SSSR count). The normalized spacial score (nSPS) is 19.8. The fourth-order valence-electron chi connectivity index (χ4n) is 4.66. The highest BCUT2D eigenvalue weighted by molar-refractivity contribution is 5.95. The molecule has 0 saturated carbocycles. The van der Waals surface area contributed by atoms with E-state index in [-0.39, 0.29) is 24.1 Å². The standard InChI is InChI=1S/C23H25N5O3/c1-15-12-21-24-13-19(16(2)28(21)25-15)22(29)26-10-8-18(9-11-26)27-20(14-31-23(27)30)17-6-4-3-5-7-17/h3-7,12-13,18,20H,8-11,14H2,1-2H3. The Balaban J connectivity index is 1.30. The number of amides is 2. The summed E-state index contributed by atoms with van der Waals surface area (Å²) in [5.74, 6) is -0.0397. The Bertz CT molecular complexity index is 1130. The molecule has 160 valence electrons. The second-order valence-corrected chi connectivity index (χ2v) is 8.25. The molecule has 2 amide bonds. The lowest BCUT2D eigenvalue weighted by Crippen LogP contribution is -2.48. The number of piperidine rings is 1. The van der Waals surface area contributed by atoms with E-state index in [9.17, 15) is 9.59 Å². The Kier molecular flexibility index (Phi) is 4.84. The third kappa shape index (κ3) is 3.41. The first-order chi connectivity index (χ1) is 15.0. The molecule has 0 radical (unpaired) electrons. The van der Waals surface area contributed by atoms with E-state index in [1.807, 2.05) is 60.0 Å². The summed E-state index contributed by atoms with van der Waals surface area (Å²) in [5.41, 5.74) is 4.04. The first-order valence-electron chi connectivity index (χ1n) is 10.6. The van der Waals surface area contributed by atoms with Crippen molar-refractivity contribution < 1.29 is 14.3 Å². The number of aryl methyl sites for hydroxylation is 2. The smallest absolute Gasteiger partial charge is 0.410 e. The van der Waals surface area contributed by atoms with E-state index in [0.29, 0.717) is 25.3 Å². The van der Waals surface area contributed by atoms with E-state index in [1.54, 1.807) is 10.7 Å². The molecule has 2 fully saturated rings. The Morgan fingerprint density at radius 1 is 1.13 bits per heavy atom. The average Bonchev–Trinajstić information content (AvgIpc) is 3.37. The van der Waals surface area contributed by atoms with Crippen LogP contribution in [0.15, 0.2) is 42.6 Å². The van der Waals surface area contributed by atoms with Crippen LogP contribution < -0.4 is 0 Å². The van der Waals surface area contributed by atoms with Crippen LogP contribution >= 0.6 is 0 Å². The summed E-state index contributed by atoms with van der Waals surface area (Å²) in [6, 6.07) is 11.9. The zero-order chi connectivity index (χ0) is 21.5. The van der Waals surface area contributed by atoms with Gasteiger partial charge in [0.1, 0.15) is 6.61 Å². The van der Waals surface area contributed by atoms with Gasteiger partial charge < -0.3 is 9.64 Å². The summed E-state index contributed by atoms with van der Waals surface area (Å²) < 4.78 is 7.10. The monoisotopic (exact) mass is 419 g/mol. The van der Waals surface area contributed by atoms with Gasteiger partial charge in [0.2, 0.25) is 0 Å². The predicted octanol–water partition coefficient (Wildman–Crippen LogP) is 3.14. The number of carbonyl (C=O) groups excluding carboxylic acids is 2. The van der Waals surface area contributed by atoms with Crippen LogP contribution in [0, 0.1) is 13.8 Å². The Morgan fingerprint density at radius 2 is 1.87 bits per heavy atom. The molecule has 1 aromatic carbocycles. The van der Waals surface area contributed by atoms with Gasteiger partial charge >= 0.3 is 6.09 Å². The Labute approximate surface area is 180 Å². The Hall–Kier alpha value is -3.42. The minimum atomic E-state index is -0.266. The van der Waals surface area contributed by atoms with E-state index in [0.717, 1.165) is 35.4 Å². The van der Waals surface area contributed by atoms with Gasteiger partial charge in [0.15, 0.2) is 5.65 Å². The second kappa shape index (κ2) is 7.68. The number of benzene rings is 1. The first kappa shape index (κ1) is 19.5. The molecule has 0 aliphatic carbocycles. The summed E-state index contributed by atoms with van der Waals surface area (Å²) in [5, 5.41) is 4.44. The maximum Gasteiger partial charge on any atom is 0.410 e. The van der Waals surface area contributed by atoms with Crippen LogP contribution in [0.3, 0.4) is 0 Å². The van der Waals surface area contributed by atoms with Gasteiger partial charge in [0.25, 0.3) is 5.91 Å². The fourth-order valence-corrected chi connectivity index (χ4v) is 4.66. The highest BCUT2D eigenvalue weighted by Crippen LogP contribution is 2.33. The lowest BCUT2D eigenvalue weighted by atomic mass is 9.98.